The lowest BCUT2D eigenvalue weighted by molar-refractivity contribution is -0.139. The van der Waals surface area contributed by atoms with Crippen LogP contribution in [0.3, 0.4) is 0 Å². The van der Waals surface area contributed by atoms with Crippen molar-refractivity contribution >= 4 is 5.97 Å². The van der Waals surface area contributed by atoms with Crippen LogP contribution in [0, 0.1) is 6.92 Å². The Balaban J connectivity index is 2.06. The number of carboxylic acids is 1. The average molecular weight is 256 g/mol. The minimum Gasteiger partial charge on any atom is -0.492 e. The molecule has 0 aliphatic rings. The summed E-state index contributed by atoms with van der Waals surface area (Å²) in [7, 11) is 0. The van der Waals surface area contributed by atoms with Gasteiger partial charge in [-0.15, -0.1) is 0 Å². The Kier molecular flexibility index (Phi) is 4.18. The Morgan fingerprint density at radius 2 is 1.74 bits per heavy atom. The molecule has 0 amide bonds. The van der Waals surface area contributed by atoms with E-state index < -0.39 is 11.9 Å². The first-order chi connectivity index (χ1) is 9.16. The van der Waals surface area contributed by atoms with Crippen molar-refractivity contribution in [1.29, 1.82) is 0 Å². The second-order valence-corrected chi connectivity index (χ2v) is 4.43. The maximum atomic E-state index is 11.3. The molecule has 1 atom stereocenters. The van der Waals surface area contributed by atoms with E-state index in [-0.39, 0.29) is 6.61 Å². The number of rotatable bonds is 5. The van der Waals surface area contributed by atoms with Crippen LogP contribution in [-0.2, 0) is 4.79 Å². The molecule has 1 N–H and O–H groups in total. The zero-order chi connectivity index (χ0) is 13.7. The number of hydrogen-bond acceptors (Lipinski definition) is 2. The fourth-order valence-corrected chi connectivity index (χ4v) is 1.81. The highest BCUT2D eigenvalue weighted by molar-refractivity contribution is 5.76. The largest absolute Gasteiger partial charge is 0.492 e. The molecule has 2 rings (SSSR count). The van der Waals surface area contributed by atoms with Gasteiger partial charge in [-0.3, -0.25) is 4.79 Å². The van der Waals surface area contributed by atoms with Crippen LogP contribution in [-0.4, -0.2) is 17.7 Å². The van der Waals surface area contributed by atoms with Crippen molar-refractivity contribution in [2.24, 2.45) is 0 Å². The van der Waals surface area contributed by atoms with Crippen LogP contribution in [0.15, 0.2) is 54.6 Å². The Bertz CT molecular complexity index is 532. The fourth-order valence-electron chi connectivity index (χ4n) is 1.81. The third-order valence-corrected chi connectivity index (χ3v) is 2.94. The third kappa shape index (κ3) is 3.58. The number of ether oxygens (including phenoxy) is 1. The Labute approximate surface area is 112 Å². The first-order valence-electron chi connectivity index (χ1n) is 6.14. The third-order valence-electron chi connectivity index (χ3n) is 2.94. The molecule has 0 aliphatic heterocycles. The van der Waals surface area contributed by atoms with Gasteiger partial charge >= 0.3 is 5.97 Å². The van der Waals surface area contributed by atoms with Crippen molar-refractivity contribution in [3.05, 3.63) is 65.7 Å². The molecule has 1 unspecified atom stereocenters. The molecule has 3 heteroatoms. The highest BCUT2D eigenvalue weighted by Gasteiger charge is 2.20. The topological polar surface area (TPSA) is 46.5 Å². The lowest BCUT2D eigenvalue weighted by Gasteiger charge is -2.14. The molecular formula is C16H16O3. The van der Waals surface area contributed by atoms with Gasteiger partial charge < -0.3 is 9.84 Å². The maximum absolute atomic E-state index is 11.3. The van der Waals surface area contributed by atoms with E-state index in [0.717, 1.165) is 11.1 Å². The standard InChI is InChI=1S/C16H16O3/c1-12-7-9-14(10-8-12)19-11-15(16(17)18)13-5-3-2-4-6-13/h2-10,15H,11H2,1H3,(H,17,18). The van der Waals surface area contributed by atoms with Gasteiger partial charge in [0.15, 0.2) is 0 Å². The summed E-state index contributed by atoms with van der Waals surface area (Å²) in [4.78, 5) is 11.3. The van der Waals surface area contributed by atoms with Gasteiger partial charge in [0, 0.05) is 0 Å². The van der Waals surface area contributed by atoms with Crippen molar-refractivity contribution in [1.82, 2.24) is 0 Å². The molecule has 0 radical (unpaired) electrons. The van der Waals surface area contributed by atoms with E-state index in [0.29, 0.717) is 5.75 Å². The predicted molar refractivity (Wildman–Crippen MR) is 73.5 cm³/mol. The van der Waals surface area contributed by atoms with Gasteiger partial charge in [-0.05, 0) is 24.6 Å². The van der Waals surface area contributed by atoms with E-state index in [1.165, 1.54) is 0 Å². The normalized spacial score (nSPS) is 11.8. The summed E-state index contributed by atoms with van der Waals surface area (Å²) in [5.41, 5.74) is 1.90. The Hall–Kier alpha value is -2.29. The first kappa shape index (κ1) is 13.1. The molecule has 19 heavy (non-hydrogen) atoms. The smallest absolute Gasteiger partial charge is 0.314 e. The summed E-state index contributed by atoms with van der Waals surface area (Å²) < 4.78 is 5.56. The van der Waals surface area contributed by atoms with E-state index in [1.807, 2.05) is 49.4 Å². The molecular weight excluding hydrogens is 240 g/mol. The maximum Gasteiger partial charge on any atom is 0.314 e. The number of aryl methyl sites for hydroxylation is 1. The van der Waals surface area contributed by atoms with Gasteiger partial charge in [-0.25, -0.2) is 0 Å². The van der Waals surface area contributed by atoms with Crippen LogP contribution in [0.4, 0.5) is 0 Å². The van der Waals surface area contributed by atoms with Crippen LogP contribution in [0.25, 0.3) is 0 Å². The molecule has 0 aromatic heterocycles. The van der Waals surface area contributed by atoms with Crippen LogP contribution in [0.2, 0.25) is 0 Å². The summed E-state index contributed by atoms with van der Waals surface area (Å²) in [5.74, 6) is -0.839. The lowest BCUT2D eigenvalue weighted by atomic mass is 10.0. The molecule has 2 aromatic carbocycles. The molecule has 2 aromatic rings. The molecule has 0 saturated heterocycles. The van der Waals surface area contributed by atoms with Gasteiger partial charge in [-0.2, -0.15) is 0 Å². The van der Waals surface area contributed by atoms with Crippen LogP contribution >= 0.6 is 0 Å². The monoisotopic (exact) mass is 256 g/mol. The summed E-state index contributed by atoms with van der Waals surface area (Å²) in [6.07, 6.45) is 0. The summed E-state index contributed by atoms with van der Waals surface area (Å²) >= 11 is 0. The quantitative estimate of drug-likeness (QED) is 0.893. The number of aliphatic carboxylic acids is 1. The highest BCUT2D eigenvalue weighted by atomic mass is 16.5. The zero-order valence-electron chi connectivity index (χ0n) is 10.7. The fraction of sp³-hybridized carbons (Fsp3) is 0.188. The molecule has 0 bridgehead atoms. The van der Waals surface area contributed by atoms with E-state index in [1.54, 1.807) is 12.1 Å². The minimum atomic E-state index is -0.877. The predicted octanol–water partition coefficient (Wildman–Crippen LogP) is 3.24. The molecule has 0 heterocycles. The summed E-state index contributed by atoms with van der Waals surface area (Å²) in [6, 6.07) is 16.7. The summed E-state index contributed by atoms with van der Waals surface area (Å²) in [6.45, 7) is 2.12. The number of benzene rings is 2. The van der Waals surface area contributed by atoms with Crippen molar-refractivity contribution < 1.29 is 14.6 Å². The van der Waals surface area contributed by atoms with Crippen LogP contribution in [0.1, 0.15) is 17.0 Å². The number of carboxylic acid groups (broad SMARTS) is 1. The molecule has 0 spiro atoms. The van der Waals surface area contributed by atoms with E-state index in [2.05, 4.69) is 0 Å². The molecule has 0 aliphatic carbocycles. The first-order valence-corrected chi connectivity index (χ1v) is 6.14. The Morgan fingerprint density at radius 3 is 2.32 bits per heavy atom. The van der Waals surface area contributed by atoms with Gasteiger partial charge in [0.25, 0.3) is 0 Å². The van der Waals surface area contributed by atoms with Gasteiger partial charge in [-0.1, -0.05) is 48.0 Å². The van der Waals surface area contributed by atoms with Gasteiger partial charge in [0.2, 0.25) is 0 Å². The molecule has 0 fully saturated rings. The Morgan fingerprint density at radius 1 is 1.11 bits per heavy atom. The van der Waals surface area contributed by atoms with Crippen LogP contribution < -0.4 is 4.74 Å². The number of carbonyl (C=O) groups is 1. The van der Waals surface area contributed by atoms with Crippen LogP contribution in [0.5, 0.6) is 5.75 Å². The van der Waals surface area contributed by atoms with Crippen molar-refractivity contribution in [2.75, 3.05) is 6.61 Å². The van der Waals surface area contributed by atoms with E-state index in [9.17, 15) is 9.90 Å². The summed E-state index contributed by atoms with van der Waals surface area (Å²) in [5, 5.41) is 9.27. The SMILES string of the molecule is Cc1ccc(OCC(C(=O)O)c2ccccc2)cc1. The molecule has 98 valence electrons. The highest BCUT2D eigenvalue weighted by Crippen LogP contribution is 2.19. The average Bonchev–Trinajstić information content (AvgIpc) is 2.42. The minimum absolute atomic E-state index is 0.127. The van der Waals surface area contributed by atoms with Crippen molar-refractivity contribution in [2.45, 2.75) is 12.8 Å². The zero-order valence-corrected chi connectivity index (χ0v) is 10.7. The van der Waals surface area contributed by atoms with E-state index >= 15 is 0 Å². The number of hydrogen-bond donors (Lipinski definition) is 1. The second kappa shape index (κ2) is 6.05. The second-order valence-electron chi connectivity index (χ2n) is 4.43. The van der Waals surface area contributed by atoms with Crippen molar-refractivity contribution in [3.63, 3.8) is 0 Å². The lowest BCUT2D eigenvalue weighted by Crippen LogP contribution is -2.19. The molecule has 3 nitrogen and oxygen atoms in total. The van der Waals surface area contributed by atoms with Gasteiger partial charge in [0.1, 0.15) is 18.3 Å². The van der Waals surface area contributed by atoms with Gasteiger partial charge in [0.05, 0.1) is 0 Å². The molecule has 0 saturated carbocycles. The van der Waals surface area contributed by atoms with E-state index in [4.69, 9.17) is 4.74 Å². The van der Waals surface area contributed by atoms with Crippen molar-refractivity contribution in [3.8, 4) is 5.75 Å².